The molecule has 9 nitrogen and oxygen atoms in total. The number of amides is 1. The first-order valence-electron chi connectivity index (χ1n) is 13.1. The molecule has 0 aromatic heterocycles. The minimum absolute atomic E-state index is 0.0324. The van der Waals surface area contributed by atoms with Gasteiger partial charge in [0, 0.05) is 11.1 Å². The molecule has 0 saturated heterocycles. The molecule has 0 spiro atoms. The predicted octanol–water partition coefficient (Wildman–Crippen LogP) is 6.33. The predicted molar refractivity (Wildman–Crippen MR) is 151 cm³/mol. The minimum atomic E-state index is -4.74. The van der Waals surface area contributed by atoms with Gasteiger partial charge in [0.05, 0.1) is 38.4 Å². The molecule has 0 aliphatic carbocycles. The number of ether oxygens (including phenoxy) is 4. The lowest BCUT2D eigenvalue weighted by molar-refractivity contribution is -0.152. The van der Waals surface area contributed by atoms with E-state index >= 15 is 0 Å². The third-order valence-corrected chi connectivity index (χ3v) is 6.58. The van der Waals surface area contributed by atoms with Gasteiger partial charge in [0.25, 0.3) is 5.91 Å². The molecular formula is C30H32F6N2O7. The Morgan fingerprint density at radius 1 is 0.911 bits per heavy atom. The highest BCUT2D eigenvalue weighted by Gasteiger charge is 2.37. The van der Waals surface area contributed by atoms with Crippen LogP contribution in [0.3, 0.4) is 0 Å². The Labute approximate surface area is 255 Å². The van der Waals surface area contributed by atoms with E-state index in [1.807, 2.05) is 0 Å². The first kappa shape index (κ1) is 36.5. The maximum absolute atomic E-state index is 13.5. The summed E-state index contributed by atoms with van der Waals surface area (Å²) in [7, 11) is 3.44. The molecule has 15 heteroatoms. The number of rotatable bonds is 12. The van der Waals surface area contributed by atoms with E-state index in [0.29, 0.717) is 12.1 Å². The molecule has 0 heterocycles. The minimum Gasteiger partial charge on any atom is -0.503 e. The summed E-state index contributed by atoms with van der Waals surface area (Å²) in [4.78, 5) is 29.3. The van der Waals surface area contributed by atoms with Crippen molar-refractivity contribution in [3.05, 3.63) is 81.9 Å². The van der Waals surface area contributed by atoms with Crippen LogP contribution in [0.25, 0.3) is 0 Å². The molecule has 2 N–H and O–H groups in total. The molecule has 246 valence electrons. The van der Waals surface area contributed by atoms with E-state index < -0.39 is 64.9 Å². The number of allylic oxidation sites excluding steroid dienone is 1. The van der Waals surface area contributed by atoms with E-state index in [1.54, 1.807) is 0 Å². The molecule has 0 aliphatic rings. The highest BCUT2D eigenvalue weighted by Crippen LogP contribution is 2.44. The van der Waals surface area contributed by atoms with Gasteiger partial charge in [0.2, 0.25) is 0 Å². The Morgan fingerprint density at radius 2 is 1.38 bits per heavy atom. The van der Waals surface area contributed by atoms with E-state index in [0.717, 1.165) is 38.5 Å². The monoisotopic (exact) mass is 646 g/mol. The molecule has 2 aromatic rings. The van der Waals surface area contributed by atoms with E-state index in [4.69, 9.17) is 18.9 Å². The molecule has 0 unspecified atom stereocenters. The number of nitrogens with zero attached hydrogens (tertiary/aromatic N) is 1. The highest BCUT2D eigenvalue weighted by molar-refractivity contribution is 5.97. The second-order valence-corrected chi connectivity index (χ2v) is 9.44. The van der Waals surface area contributed by atoms with E-state index in [2.05, 4.69) is 17.0 Å². The van der Waals surface area contributed by atoms with E-state index in [1.165, 1.54) is 34.0 Å². The van der Waals surface area contributed by atoms with Crippen LogP contribution in [-0.4, -0.2) is 57.2 Å². The second kappa shape index (κ2) is 14.9. The molecule has 0 saturated carbocycles. The van der Waals surface area contributed by atoms with Crippen molar-refractivity contribution in [2.45, 2.75) is 51.2 Å². The summed E-state index contributed by atoms with van der Waals surface area (Å²) in [6.45, 7) is 7.34. The number of aliphatic hydroxyl groups is 1. The third kappa shape index (κ3) is 8.70. The van der Waals surface area contributed by atoms with Gasteiger partial charge in [0.1, 0.15) is 23.6 Å². The quantitative estimate of drug-likeness (QED) is 0.0692. The third-order valence-electron chi connectivity index (χ3n) is 6.58. The van der Waals surface area contributed by atoms with Gasteiger partial charge < -0.3 is 29.4 Å². The van der Waals surface area contributed by atoms with Crippen molar-refractivity contribution in [1.82, 2.24) is 5.32 Å². The lowest BCUT2D eigenvalue weighted by atomic mass is 9.84. The summed E-state index contributed by atoms with van der Waals surface area (Å²) in [5.41, 5.74) is -2.62. The van der Waals surface area contributed by atoms with Crippen LogP contribution in [0.5, 0.6) is 11.5 Å². The van der Waals surface area contributed by atoms with Gasteiger partial charge in [-0.25, -0.2) is 4.79 Å². The number of alkyl halides is 6. The Hall–Kier alpha value is -4.69. The molecular weight excluding hydrogens is 614 g/mol. The number of halogens is 6. The highest BCUT2D eigenvalue weighted by atomic mass is 19.4. The van der Waals surface area contributed by atoms with Crippen LogP contribution in [0.4, 0.5) is 26.3 Å². The Balaban J connectivity index is 2.57. The normalized spacial score (nSPS) is 14.2. The number of methoxy groups -OCH3 is 3. The summed E-state index contributed by atoms with van der Waals surface area (Å²) in [5.74, 6) is -4.64. The van der Waals surface area contributed by atoms with Crippen molar-refractivity contribution in [2.75, 3.05) is 21.3 Å². The smallest absolute Gasteiger partial charge is 0.416 e. The molecule has 0 aliphatic heterocycles. The van der Waals surface area contributed by atoms with E-state index in [9.17, 15) is 41.0 Å². The first-order valence-corrected chi connectivity index (χ1v) is 13.1. The number of nitrogens with one attached hydrogen (secondary N) is 1. The van der Waals surface area contributed by atoms with Gasteiger partial charge in [-0.3, -0.25) is 9.79 Å². The average molecular weight is 647 g/mol. The van der Waals surface area contributed by atoms with Crippen LogP contribution < -0.4 is 14.8 Å². The van der Waals surface area contributed by atoms with Crippen molar-refractivity contribution < 1.29 is 60.0 Å². The number of aliphatic imine (C=N–C) groups is 1. The number of benzene rings is 2. The van der Waals surface area contributed by atoms with Crippen molar-refractivity contribution in [1.29, 1.82) is 0 Å². The maximum atomic E-state index is 13.5. The SMILES string of the molecule is C=N/C(C(=O)N[C@@H](C)C(=O)O[C@@H](C)C(c1ccc(C(F)(F)F)cc1OC)c1ccc(C(F)(F)F)cc1OC)=C(O)\C(=C/C)OC. The van der Waals surface area contributed by atoms with Crippen LogP contribution in [0.1, 0.15) is 48.9 Å². The summed E-state index contributed by atoms with van der Waals surface area (Å²) >= 11 is 0. The Bertz CT molecular complexity index is 1400. The van der Waals surface area contributed by atoms with Crippen LogP contribution in [0.2, 0.25) is 0 Å². The van der Waals surface area contributed by atoms with Gasteiger partial charge >= 0.3 is 18.3 Å². The zero-order valence-electron chi connectivity index (χ0n) is 25.1. The van der Waals surface area contributed by atoms with E-state index in [-0.39, 0.29) is 28.4 Å². The standard InChI is InChI=1S/C30H32F6N2O7/c1-8-21(42-5)26(39)25(37-4)27(40)38-15(2)28(41)45-16(3)24(19-11-9-17(29(31,32)33)13-22(19)43-6)20-12-10-18(30(34,35)36)14-23(20)44-7/h8-16,24,39H,4H2,1-3,5-7H3,(H,38,40)/b21-8+,26-25+/t15-,16-/m0/s1. The number of hydrogen-bond acceptors (Lipinski definition) is 8. The number of aliphatic hydroxyl groups excluding tert-OH is 1. The largest absolute Gasteiger partial charge is 0.503 e. The first-order chi connectivity index (χ1) is 20.9. The summed E-state index contributed by atoms with van der Waals surface area (Å²) in [5, 5.41) is 12.6. The van der Waals surface area contributed by atoms with Gasteiger partial charge in [-0.1, -0.05) is 12.1 Å². The Morgan fingerprint density at radius 3 is 1.73 bits per heavy atom. The van der Waals surface area contributed by atoms with Crippen molar-refractivity contribution in [3.63, 3.8) is 0 Å². The molecule has 0 bridgehead atoms. The fourth-order valence-electron chi connectivity index (χ4n) is 4.36. The maximum Gasteiger partial charge on any atom is 0.416 e. The van der Waals surface area contributed by atoms with Gasteiger partial charge in [-0.05, 0) is 57.8 Å². The fraction of sp³-hybridized carbons (Fsp3) is 0.367. The molecule has 0 fully saturated rings. The zero-order valence-corrected chi connectivity index (χ0v) is 25.1. The van der Waals surface area contributed by atoms with Crippen LogP contribution >= 0.6 is 0 Å². The van der Waals surface area contributed by atoms with Crippen LogP contribution in [0.15, 0.2) is 64.7 Å². The lowest BCUT2D eigenvalue weighted by Crippen LogP contribution is -2.42. The number of carbonyl (C=O) groups is 2. The Kier molecular flexibility index (Phi) is 12.1. The zero-order chi connectivity index (χ0) is 34.3. The molecule has 45 heavy (non-hydrogen) atoms. The molecule has 1 amide bonds. The van der Waals surface area contributed by atoms with Gasteiger partial charge in [-0.2, -0.15) is 26.3 Å². The topological polar surface area (TPSA) is 116 Å². The molecule has 2 rings (SSSR count). The second-order valence-electron chi connectivity index (χ2n) is 9.44. The summed E-state index contributed by atoms with van der Waals surface area (Å²) in [6, 6.07) is 3.65. The van der Waals surface area contributed by atoms with Crippen molar-refractivity contribution in [2.24, 2.45) is 4.99 Å². The summed E-state index contributed by atoms with van der Waals surface area (Å²) < 4.78 is 102. The lowest BCUT2D eigenvalue weighted by Gasteiger charge is -2.29. The number of esters is 1. The van der Waals surface area contributed by atoms with Crippen LogP contribution in [-0.2, 0) is 31.4 Å². The molecule has 2 aromatic carbocycles. The number of hydrogen-bond donors (Lipinski definition) is 2. The van der Waals surface area contributed by atoms with Gasteiger partial charge in [0.15, 0.2) is 17.2 Å². The van der Waals surface area contributed by atoms with Crippen molar-refractivity contribution >= 4 is 18.6 Å². The molecule has 2 atom stereocenters. The van der Waals surface area contributed by atoms with Gasteiger partial charge in [-0.15, -0.1) is 0 Å². The average Bonchev–Trinajstić information content (AvgIpc) is 2.97. The number of carbonyl (C=O) groups excluding carboxylic acids is 2. The summed E-state index contributed by atoms with van der Waals surface area (Å²) in [6.07, 6.45) is -9.41. The van der Waals surface area contributed by atoms with Crippen LogP contribution in [0, 0.1) is 0 Å². The fourth-order valence-corrected chi connectivity index (χ4v) is 4.36. The van der Waals surface area contributed by atoms with Crippen molar-refractivity contribution in [3.8, 4) is 11.5 Å². The molecule has 0 radical (unpaired) electrons.